The molecule has 1 aromatic rings. The van der Waals surface area contributed by atoms with Gasteiger partial charge in [-0.3, -0.25) is 4.79 Å². The van der Waals surface area contributed by atoms with E-state index in [0.29, 0.717) is 0 Å². The second kappa shape index (κ2) is 6.00. The minimum absolute atomic E-state index is 0.214. The summed E-state index contributed by atoms with van der Waals surface area (Å²) >= 11 is 0. The summed E-state index contributed by atoms with van der Waals surface area (Å²) in [4.78, 5) is 22.3. The van der Waals surface area contributed by atoms with E-state index in [1.807, 2.05) is 0 Å². The fraction of sp³-hybridized carbons (Fsp3) is 0.333. The maximum absolute atomic E-state index is 13.4. The molecule has 1 rings (SSSR count). The molecule has 1 amide bonds. The van der Waals surface area contributed by atoms with Crippen molar-refractivity contribution in [2.75, 3.05) is 11.1 Å². The number of carboxylic acid groups (broad SMARTS) is 1. The number of amides is 1. The topological polar surface area (TPSA) is 101 Å². The van der Waals surface area contributed by atoms with Gasteiger partial charge in [-0.15, -0.1) is 0 Å². The van der Waals surface area contributed by atoms with Crippen molar-refractivity contribution in [3.63, 3.8) is 0 Å². The Kier molecular flexibility index (Phi) is 4.83. The molecule has 0 unspecified atom stereocenters. The highest BCUT2D eigenvalue weighted by atomic mass is 32.2. The zero-order chi connectivity index (χ0) is 15.5. The van der Waals surface area contributed by atoms with Crippen LogP contribution in [0.5, 0.6) is 0 Å². The van der Waals surface area contributed by atoms with Gasteiger partial charge in [0.2, 0.25) is 5.91 Å². The first kappa shape index (κ1) is 16.1. The van der Waals surface area contributed by atoms with Gasteiger partial charge in [0.1, 0.15) is 11.6 Å². The number of rotatable bonds is 5. The standard InChI is InChI=1S/C12H14FNO5S/c1-7(2)20(18,19)6-11(15)14-10-5-8(12(16)17)3-4-9(10)13/h3-5,7H,6H2,1-2H3,(H,14,15)(H,16,17). The summed E-state index contributed by atoms with van der Waals surface area (Å²) in [7, 11) is -3.61. The summed E-state index contributed by atoms with van der Waals surface area (Å²) in [6.45, 7) is 2.85. The van der Waals surface area contributed by atoms with Crippen LogP contribution >= 0.6 is 0 Å². The summed E-state index contributed by atoms with van der Waals surface area (Å²) in [5.41, 5.74) is -0.581. The Bertz CT molecular complexity index is 639. The molecule has 0 aliphatic rings. The van der Waals surface area contributed by atoms with Crippen LogP contribution in [0.2, 0.25) is 0 Å². The van der Waals surface area contributed by atoms with E-state index < -0.39 is 38.5 Å². The van der Waals surface area contributed by atoms with Gasteiger partial charge in [0, 0.05) is 0 Å². The minimum atomic E-state index is -3.61. The normalized spacial score (nSPS) is 11.4. The highest BCUT2D eigenvalue weighted by molar-refractivity contribution is 7.92. The lowest BCUT2D eigenvalue weighted by Gasteiger charge is -2.09. The number of halogens is 1. The molecule has 0 fully saturated rings. The molecule has 110 valence electrons. The zero-order valence-corrected chi connectivity index (χ0v) is 11.7. The van der Waals surface area contributed by atoms with Crippen molar-refractivity contribution in [1.82, 2.24) is 0 Å². The van der Waals surface area contributed by atoms with E-state index in [4.69, 9.17) is 5.11 Å². The predicted molar refractivity (Wildman–Crippen MR) is 70.9 cm³/mol. The van der Waals surface area contributed by atoms with Gasteiger partial charge in [-0.1, -0.05) is 0 Å². The van der Waals surface area contributed by atoms with Gasteiger partial charge in [0.25, 0.3) is 0 Å². The Morgan fingerprint density at radius 1 is 1.35 bits per heavy atom. The molecule has 0 atom stereocenters. The molecule has 0 aromatic heterocycles. The molecular formula is C12H14FNO5S. The molecule has 20 heavy (non-hydrogen) atoms. The van der Waals surface area contributed by atoms with E-state index in [1.165, 1.54) is 13.8 Å². The second-order valence-corrected chi connectivity index (χ2v) is 6.96. The van der Waals surface area contributed by atoms with Crippen molar-refractivity contribution in [3.05, 3.63) is 29.6 Å². The number of hydrogen-bond donors (Lipinski definition) is 2. The molecular weight excluding hydrogens is 289 g/mol. The van der Waals surface area contributed by atoms with E-state index >= 15 is 0 Å². The van der Waals surface area contributed by atoms with E-state index in [2.05, 4.69) is 5.32 Å². The van der Waals surface area contributed by atoms with Crippen molar-refractivity contribution in [2.45, 2.75) is 19.1 Å². The Morgan fingerprint density at radius 2 is 1.95 bits per heavy atom. The molecule has 0 aliphatic carbocycles. The van der Waals surface area contributed by atoms with Crippen LogP contribution in [0.4, 0.5) is 10.1 Å². The summed E-state index contributed by atoms with van der Waals surface area (Å²) in [5, 5.41) is 10.1. The first-order valence-electron chi connectivity index (χ1n) is 5.67. The zero-order valence-electron chi connectivity index (χ0n) is 10.9. The highest BCUT2D eigenvalue weighted by Gasteiger charge is 2.21. The van der Waals surface area contributed by atoms with Gasteiger partial charge in [-0.25, -0.2) is 17.6 Å². The van der Waals surface area contributed by atoms with Crippen LogP contribution in [-0.2, 0) is 14.6 Å². The van der Waals surface area contributed by atoms with Crippen molar-refractivity contribution in [2.24, 2.45) is 0 Å². The maximum Gasteiger partial charge on any atom is 0.335 e. The van der Waals surface area contributed by atoms with Gasteiger partial charge >= 0.3 is 5.97 Å². The molecule has 6 nitrogen and oxygen atoms in total. The number of nitrogens with one attached hydrogen (secondary N) is 1. The smallest absolute Gasteiger partial charge is 0.335 e. The molecule has 0 saturated heterocycles. The van der Waals surface area contributed by atoms with E-state index in [1.54, 1.807) is 0 Å². The lowest BCUT2D eigenvalue weighted by atomic mass is 10.2. The average Bonchev–Trinajstić information content (AvgIpc) is 2.30. The number of carboxylic acids is 1. The third-order valence-corrected chi connectivity index (χ3v) is 4.64. The first-order chi connectivity index (χ1) is 9.13. The summed E-state index contributed by atoms with van der Waals surface area (Å²) in [5.74, 6) is -3.83. The van der Waals surface area contributed by atoms with Crippen LogP contribution in [-0.4, -0.2) is 36.4 Å². The van der Waals surface area contributed by atoms with Gasteiger partial charge in [0.05, 0.1) is 16.5 Å². The molecule has 1 aromatic carbocycles. The summed E-state index contributed by atoms with van der Waals surface area (Å²) < 4.78 is 36.5. The number of benzene rings is 1. The average molecular weight is 303 g/mol. The molecule has 0 bridgehead atoms. The van der Waals surface area contributed by atoms with E-state index in [-0.39, 0.29) is 11.3 Å². The second-order valence-electron chi connectivity index (χ2n) is 4.40. The Hall–Kier alpha value is -1.96. The van der Waals surface area contributed by atoms with Crippen LogP contribution in [0.1, 0.15) is 24.2 Å². The van der Waals surface area contributed by atoms with E-state index in [0.717, 1.165) is 18.2 Å². The van der Waals surface area contributed by atoms with Crippen molar-refractivity contribution in [3.8, 4) is 0 Å². The quantitative estimate of drug-likeness (QED) is 0.853. The van der Waals surface area contributed by atoms with Crippen LogP contribution in [0.3, 0.4) is 0 Å². The van der Waals surface area contributed by atoms with Crippen LogP contribution in [0, 0.1) is 5.82 Å². The predicted octanol–water partition coefficient (Wildman–Crippen LogP) is 1.29. The Labute approximate surface area is 115 Å². The molecule has 0 saturated carbocycles. The first-order valence-corrected chi connectivity index (χ1v) is 7.39. The van der Waals surface area contributed by atoms with Crippen LogP contribution in [0.15, 0.2) is 18.2 Å². The fourth-order valence-electron chi connectivity index (χ4n) is 1.29. The number of carbonyl (C=O) groups excluding carboxylic acids is 1. The third-order valence-electron chi connectivity index (χ3n) is 2.54. The molecule has 0 radical (unpaired) electrons. The number of aromatic carboxylic acids is 1. The summed E-state index contributed by atoms with van der Waals surface area (Å²) in [6, 6.07) is 2.85. The SMILES string of the molecule is CC(C)S(=O)(=O)CC(=O)Nc1cc(C(=O)O)ccc1F. The maximum atomic E-state index is 13.4. The Balaban J connectivity index is 2.91. The van der Waals surface area contributed by atoms with E-state index in [9.17, 15) is 22.4 Å². The molecule has 0 spiro atoms. The van der Waals surface area contributed by atoms with Gasteiger partial charge < -0.3 is 10.4 Å². The number of carbonyl (C=O) groups is 2. The molecule has 0 aliphatic heterocycles. The van der Waals surface area contributed by atoms with Crippen molar-refractivity contribution >= 4 is 27.4 Å². The molecule has 0 heterocycles. The van der Waals surface area contributed by atoms with Crippen LogP contribution < -0.4 is 5.32 Å². The number of sulfone groups is 1. The number of anilines is 1. The van der Waals surface area contributed by atoms with Gasteiger partial charge in [-0.2, -0.15) is 0 Å². The number of hydrogen-bond acceptors (Lipinski definition) is 4. The molecule has 2 N–H and O–H groups in total. The van der Waals surface area contributed by atoms with Gasteiger partial charge in [0.15, 0.2) is 9.84 Å². The van der Waals surface area contributed by atoms with Crippen molar-refractivity contribution < 1.29 is 27.5 Å². The fourth-order valence-corrected chi connectivity index (χ4v) is 2.06. The Morgan fingerprint density at radius 3 is 2.45 bits per heavy atom. The lowest BCUT2D eigenvalue weighted by Crippen LogP contribution is -2.28. The minimum Gasteiger partial charge on any atom is -0.478 e. The van der Waals surface area contributed by atoms with Crippen LogP contribution in [0.25, 0.3) is 0 Å². The third kappa shape index (κ3) is 4.02. The van der Waals surface area contributed by atoms with Gasteiger partial charge in [-0.05, 0) is 32.0 Å². The van der Waals surface area contributed by atoms with Crippen molar-refractivity contribution in [1.29, 1.82) is 0 Å². The highest BCUT2D eigenvalue weighted by Crippen LogP contribution is 2.16. The lowest BCUT2D eigenvalue weighted by molar-refractivity contribution is -0.113. The summed E-state index contributed by atoms with van der Waals surface area (Å²) in [6.07, 6.45) is 0. The molecule has 8 heteroatoms. The largest absolute Gasteiger partial charge is 0.478 e. The monoisotopic (exact) mass is 303 g/mol.